The summed E-state index contributed by atoms with van der Waals surface area (Å²) in [5, 5.41) is 0. The van der Waals surface area contributed by atoms with Crippen molar-refractivity contribution in [1.82, 2.24) is 0 Å². The van der Waals surface area contributed by atoms with Gasteiger partial charge in [0.15, 0.2) is 0 Å². The molecule has 0 aliphatic carbocycles. The second-order valence-corrected chi connectivity index (χ2v) is 5.78. The van der Waals surface area contributed by atoms with Gasteiger partial charge in [-0.3, -0.25) is 4.55 Å². The van der Waals surface area contributed by atoms with Gasteiger partial charge in [-0.25, -0.2) is 0 Å². The van der Waals surface area contributed by atoms with Gasteiger partial charge in [-0.1, -0.05) is 0 Å². The maximum absolute atomic E-state index is 9.92. The average Bonchev–Trinajstić information content (AvgIpc) is 1.14. The zero-order chi connectivity index (χ0) is 7.71. The Morgan fingerprint density at radius 1 is 1.36 bits per heavy atom. The molecule has 5 nitrogen and oxygen atoms in total. The third-order valence-electron chi connectivity index (χ3n) is 0.172. The zero-order valence-electron chi connectivity index (χ0n) is 4.11. The van der Waals surface area contributed by atoms with Gasteiger partial charge in [0.2, 0.25) is 0 Å². The van der Waals surface area contributed by atoms with Gasteiger partial charge in [0.05, 0.1) is 0 Å². The van der Waals surface area contributed by atoms with Gasteiger partial charge in [-0.05, 0) is 11.7 Å². The van der Waals surface area contributed by atoms with E-state index in [0.717, 1.165) is 0 Å². The molecule has 0 bridgehead atoms. The van der Waals surface area contributed by atoms with Crippen molar-refractivity contribution >= 4 is 64.1 Å². The molecule has 11 heavy (non-hydrogen) atoms. The monoisotopic (exact) mass is 292 g/mol. The summed E-state index contributed by atoms with van der Waals surface area (Å²) in [4.78, 5) is 0. The van der Waals surface area contributed by atoms with E-state index in [4.69, 9.17) is 4.55 Å². The van der Waals surface area contributed by atoms with E-state index in [1.807, 2.05) is 0 Å². The van der Waals surface area contributed by atoms with Crippen LogP contribution in [0.4, 0.5) is 0 Å². The van der Waals surface area contributed by atoms with Crippen LogP contribution in [-0.2, 0) is 50.1 Å². The molecule has 0 saturated heterocycles. The van der Waals surface area contributed by atoms with Gasteiger partial charge in [0.1, 0.15) is 0 Å². The first-order chi connectivity index (χ1) is 3.71. The minimum Gasteiger partial charge on any atom is -0.284 e. The summed E-state index contributed by atoms with van der Waals surface area (Å²) in [6, 6.07) is 0. The van der Waals surface area contributed by atoms with Crippen molar-refractivity contribution in [2.24, 2.45) is 0 Å². The fraction of sp³-hybridized carbons (Fsp3) is 0. The van der Waals surface area contributed by atoms with Gasteiger partial charge < -0.3 is 0 Å². The summed E-state index contributed by atoms with van der Waals surface area (Å²) in [5.41, 5.74) is 0. The summed E-state index contributed by atoms with van der Waals surface area (Å²) in [7, 11) is -8.33. The number of hydrogen-bond donors (Lipinski definition) is 2. The molecule has 0 aliphatic rings. The molecule has 0 aromatic rings. The third-order valence-corrected chi connectivity index (χ3v) is 2.60. The Morgan fingerprint density at radius 2 is 1.64 bits per heavy atom. The van der Waals surface area contributed by atoms with Crippen molar-refractivity contribution < 1.29 is 37.9 Å². The second kappa shape index (κ2) is 6.35. The van der Waals surface area contributed by atoms with Crippen molar-refractivity contribution in [3.8, 4) is 0 Å². The van der Waals surface area contributed by atoms with Crippen LogP contribution in [-0.4, -0.2) is 40.2 Å². The van der Waals surface area contributed by atoms with Crippen LogP contribution < -0.4 is 0 Å². The molecule has 0 rings (SSSR count). The Balaban J connectivity index is -0.000000320. The zero-order valence-corrected chi connectivity index (χ0v) is 8.55. The molecule has 0 aliphatic heterocycles. The molecule has 68 valence electrons. The minimum atomic E-state index is -4.22. The van der Waals surface area contributed by atoms with Crippen molar-refractivity contribution in [2.75, 3.05) is 0 Å². The van der Waals surface area contributed by atoms with E-state index in [-0.39, 0.29) is 40.1 Å². The average molecular weight is 292 g/mol. The Kier molecular flexibility index (Phi) is 10.7. The molecule has 1 unspecified atom stereocenters. The fourth-order valence-electron chi connectivity index (χ4n) is 0.109. The molecule has 0 saturated carbocycles. The van der Waals surface area contributed by atoms with E-state index in [1.165, 1.54) is 0 Å². The van der Waals surface area contributed by atoms with Crippen LogP contribution in [0.2, 0.25) is 0 Å². The van der Waals surface area contributed by atoms with E-state index in [0.29, 0.717) is 0 Å². The van der Waals surface area contributed by atoms with Crippen LogP contribution >= 0.6 is 11.7 Å². The molecule has 11 heteroatoms. The number of hydrogen-bond acceptors (Lipinski definition) is 5. The quantitative estimate of drug-likeness (QED) is 0.362. The van der Waals surface area contributed by atoms with Crippen molar-refractivity contribution in [2.45, 2.75) is 0 Å². The van der Waals surface area contributed by atoms with E-state index in [2.05, 4.69) is 26.5 Å². The van der Waals surface area contributed by atoms with E-state index in [9.17, 15) is 12.6 Å². The third kappa shape index (κ3) is 18.7. The molecule has 0 amide bonds. The van der Waals surface area contributed by atoms with Crippen molar-refractivity contribution in [3.63, 3.8) is 0 Å². The normalized spacial score (nSPS) is 15.5. The maximum Gasteiger partial charge on any atom is 0.333 e. The minimum absolute atomic E-state index is 0. The molecular formula is H4FeMgO5S4. The predicted molar refractivity (Wildman–Crippen MR) is 45.7 cm³/mol. The molecule has 0 spiro atoms. The Labute approximate surface area is 101 Å². The predicted octanol–water partition coefficient (Wildman–Crippen LogP) is -1.61. The first-order valence-electron chi connectivity index (χ1n) is 1.37. The summed E-state index contributed by atoms with van der Waals surface area (Å²) < 4.78 is 41.1. The van der Waals surface area contributed by atoms with Gasteiger partial charge in [0, 0.05) is 28.3 Å². The van der Waals surface area contributed by atoms with Crippen LogP contribution in [0.1, 0.15) is 0 Å². The topological polar surface area (TPSA) is 80.7 Å². The first kappa shape index (κ1) is 18.6. The van der Waals surface area contributed by atoms with Crippen LogP contribution in [0.3, 0.4) is 0 Å². The molecular weight excluding hydrogens is 288 g/mol. The number of rotatable bonds is 2. The van der Waals surface area contributed by atoms with Gasteiger partial charge in [-0.15, -0.1) is 3.63 Å². The van der Waals surface area contributed by atoms with Crippen LogP contribution in [0.25, 0.3) is 0 Å². The Hall–Kier alpha value is 1.88. The van der Waals surface area contributed by atoms with E-state index >= 15 is 0 Å². The SMILES string of the molecule is O=S(=O)(S)OS(=O)(O)=S.[Fe].[MgH2]. The molecule has 1 atom stereocenters. The van der Waals surface area contributed by atoms with E-state index < -0.39 is 18.2 Å². The molecule has 0 aromatic heterocycles. The maximum atomic E-state index is 9.92. The fourth-order valence-corrected chi connectivity index (χ4v) is 2.75. The first-order valence-corrected chi connectivity index (χ1v) is 6.19. The summed E-state index contributed by atoms with van der Waals surface area (Å²) in [6.07, 6.45) is 0. The molecule has 0 fully saturated rings. The standard InChI is InChI=1S/Fe.Mg.H2O5S4.2H/c;;1-8(2,6)5-9(3,4)7;;/h;;(H,1,2,6)(H,3,4,7);;. The van der Waals surface area contributed by atoms with Crippen molar-refractivity contribution in [3.05, 3.63) is 0 Å². The summed E-state index contributed by atoms with van der Waals surface area (Å²) in [5.74, 6) is 0. The largest absolute Gasteiger partial charge is 0.333 e. The Morgan fingerprint density at radius 3 is 1.64 bits per heavy atom. The summed E-state index contributed by atoms with van der Waals surface area (Å²) in [6.45, 7) is 0. The van der Waals surface area contributed by atoms with Crippen LogP contribution in [0, 0.1) is 0 Å². The smallest absolute Gasteiger partial charge is 0.284 e. The molecule has 0 heterocycles. The second-order valence-electron chi connectivity index (χ2n) is 0.924. The van der Waals surface area contributed by atoms with E-state index in [1.54, 1.807) is 0 Å². The molecule has 0 aromatic carbocycles. The van der Waals surface area contributed by atoms with Gasteiger partial charge in [-0.2, -0.15) is 12.6 Å². The Bertz CT molecular complexity index is 244. The summed E-state index contributed by atoms with van der Waals surface area (Å²) >= 11 is 6.46. The van der Waals surface area contributed by atoms with Gasteiger partial charge in [0.25, 0.3) is 9.05 Å². The van der Waals surface area contributed by atoms with Crippen LogP contribution in [0.15, 0.2) is 0 Å². The number of thiol groups is 1. The van der Waals surface area contributed by atoms with Gasteiger partial charge >= 0.3 is 32.2 Å². The van der Waals surface area contributed by atoms with Crippen molar-refractivity contribution in [1.29, 1.82) is 0 Å². The molecule has 0 radical (unpaired) electrons. The van der Waals surface area contributed by atoms with Crippen LogP contribution in [0.5, 0.6) is 0 Å². The molecule has 1 N–H and O–H groups in total.